The zero-order chi connectivity index (χ0) is 23.9. The Bertz CT molecular complexity index is 1400. The number of amides is 1. The van der Waals surface area contributed by atoms with Gasteiger partial charge in [0.25, 0.3) is 0 Å². The molecule has 1 aromatic heterocycles. The second kappa shape index (κ2) is 8.52. The Hall–Kier alpha value is -4.24. The van der Waals surface area contributed by atoms with Crippen LogP contribution in [0, 0.1) is 29.1 Å². The second-order valence-electron chi connectivity index (χ2n) is 9.56. The number of carbonyl (C=O) groups is 1. The van der Waals surface area contributed by atoms with E-state index in [0.717, 1.165) is 52.4 Å². The molecule has 4 unspecified atom stereocenters. The number of hydrogen-bond acceptors (Lipinski definition) is 5. The molecule has 1 amide bonds. The molecule has 3 aliphatic carbocycles. The molecule has 6 heteroatoms. The van der Waals surface area contributed by atoms with Crippen LogP contribution >= 0.6 is 0 Å². The van der Waals surface area contributed by atoms with Crippen LogP contribution in [-0.2, 0) is 17.6 Å². The first-order valence-electron chi connectivity index (χ1n) is 12.0. The van der Waals surface area contributed by atoms with Crippen LogP contribution in [0.3, 0.4) is 0 Å². The Morgan fingerprint density at radius 1 is 1.03 bits per heavy atom. The van der Waals surface area contributed by atoms with Crippen LogP contribution in [0.25, 0.3) is 17.2 Å². The zero-order valence-electron chi connectivity index (χ0n) is 19.2. The Morgan fingerprint density at radius 3 is 2.46 bits per heavy atom. The second-order valence-corrected chi connectivity index (χ2v) is 9.56. The van der Waals surface area contributed by atoms with Crippen LogP contribution in [-0.4, -0.2) is 21.9 Å². The average molecular weight is 460 g/mol. The molecule has 1 saturated carbocycles. The minimum Gasteiger partial charge on any atom is -0.369 e. The molecule has 35 heavy (non-hydrogen) atoms. The molecule has 0 saturated heterocycles. The van der Waals surface area contributed by atoms with E-state index in [9.17, 15) is 4.79 Å². The fourth-order valence-electron chi connectivity index (χ4n) is 5.67. The molecule has 6 rings (SSSR count). The standard InChI is InChI=1S/C29H25N5O/c30-16-18-6-10-20(11-7-18)19-8-4-17(5-9-19)14-25-32-24-3-1-2-23(24)29(33-25)34-27-22-13-12-21(15-22)26(27)28(31)35/h1-2,4-13,21-22,26-27H,3,14-15H2,(H2,31,35)(H,32,33,34). The third kappa shape index (κ3) is 3.89. The highest BCUT2D eigenvalue weighted by Gasteiger charge is 2.47. The van der Waals surface area contributed by atoms with Crippen molar-refractivity contribution in [2.75, 3.05) is 5.32 Å². The van der Waals surface area contributed by atoms with E-state index in [-0.39, 0.29) is 23.8 Å². The number of aromatic nitrogens is 2. The Morgan fingerprint density at radius 2 is 1.74 bits per heavy atom. The summed E-state index contributed by atoms with van der Waals surface area (Å²) in [6.45, 7) is 0. The first kappa shape index (κ1) is 21.3. The van der Waals surface area contributed by atoms with Gasteiger partial charge in [-0.15, -0.1) is 0 Å². The van der Waals surface area contributed by atoms with Gasteiger partial charge in [-0.3, -0.25) is 4.79 Å². The summed E-state index contributed by atoms with van der Waals surface area (Å²) in [5, 5.41) is 12.6. The maximum absolute atomic E-state index is 12.2. The fourth-order valence-corrected chi connectivity index (χ4v) is 5.67. The lowest BCUT2D eigenvalue weighted by molar-refractivity contribution is -0.122. The van der Waals surface area contributed by atoms with Crippen molar-refractivity contribution in [3.63, 3.8) is 0 Å². The van der Waals surface area contributed by atoms with E-state index in [1.807, 2.05) is 24.3 Å². The summed E-state index contributed by atoms with van der Waals surface area (Å²) in [6, 6.07) is 18.1. The SMILES string of the molecule is N#Cc1ccc(-c2ccc(Cc3nc4c(c(NC5C6C=CC(C6)C5C(N)=O)n3)C=CC4)cc2)cc1. The molecule has 0 spiro atoms. The van der Waals surface area contributed by atoms with Crippen molar-refractivity contribution >= 4 is 17.8 Å². The predicted octanol–water partition coefficient (Wildman–Crippen LogP) is 4.26. The maximum Gasteiger partial charge on any atom is 0.223 e. The predicted molar refractivity (Wildman–Crippen MR) is 135 cm³/mol. The van der Waals surface area contributed by atoms with Crippen LogP contribution < -0.4 is 11.1 Å². The monoisotopic (exact) mass is 459 g/mol. The highest BCUT2D eigenvalue weighted by atomic mass is 16.1. The first-order valence-corrected chi connectivity index (χ1v) is 12.0. The lowest BCUT2D eigenvalue weighted by atomic mass is 9.88. The van der Waals surface area contributed by atoms with E-state index in [0.29, 0.717) is 17.9 Å². The van der Waals surface area contributed by atoms with Crippen molar-refractivity contribution in [1.82, 2.24) is 9.97 Å². The van der Waals surface area contributed by atoms with Crippen molar-refractivity contribution < 1.29 is 4.79 Å². The molecule has 2 aromatic carbocycles. The van der Waals surface area contributed by atoms with E-state index < -0.39 is 0 Å². The average Bonchev–Trinajstić information content (AvgIpc) is 3.61. The lowest BCUT2D eigenvalue weighted by Gasteiger charge is -2.28. The number of allylic oxidation sites excluding steroid dienone is 2. The molecule has 6 nitrogen and oxygen atoms in total. The highest BCUT2D eigenvalue weighted by molar-refractivity contribution is 5.80. The Labute approximate surface area is 204 Å². The number of fused-ring (bicyclic) bond motifs is 3. The Kier molecular flexibility index (Phi) is 5.18. The first-order chi connectivity index (χ1) is 17.1. The topological polar surface area (TPSA) is 105 Å². The number of primary amides is 1. The van der Waals surface area contributed by atoms with Crippen LogP contribution in [0.2, 0.25) is 0 Å². The van der Waals surface area contributed by atoms with Crippen LogP contribution in [0.1, 0.15) is 34.6 Å². The van der Waals surface area contributed by atoms with E-state index in [2.05, 4.69) is 60.0 Å². The summed E-state index contributed by atoms with van der Waals surface area (Å²) >= 11 is 0. The van der Waals surface area contributed by atoms with E-state index >= 15 is 0 Å². The number of nitriles is 1. The van der Waals surface area contributed by atoms with Crippen LogP contribution in [0.5, 0.6) is 0 Å². The number of nitrogens with zero attached hydrogens (tertiary/aromatic N) is 3. The van der Waals surface area contributed by atoms with Crippen molar-refractivity contribution in [3.8, 4) is 17.2 Å². The largest absolute Gasteiger partial charge is 0.369 e. The summed E-state index contributed by atoms with van der Waals surface area (Å²) in [4.78, 5) is 21.9. The number of nitrogens with one attached hydrogen (secondary N) is 1. The van der Waals surface area contributed by atoms with Gasteiger partial charge in [-0.25, -0.2) is 9.97 Å². The van der Waals surface area contributed by atoms with Gasteiger partial charge in [0, 0.05) is 24.4 Å². The molecule has 3 aliphatic rings. The third-order valence-electron chi connectivity index (χ3n) is 7.42. The number of hydrogen-bond donors (Lipinski definition) is 2. The highest BCUT2D eigenvalue weighted by Crippen LogP contribution is 2.45. The number of rotatable bonds is 6. The fraction of sp³-hybridized carbons (Fsp3) is 0.241. The molecule has 0 radical (unpaired) electrons. The number of carbonyl (C=O) groups excluding carboxylic acids is 1. The van der Waals surface area contributed by atoms with Crippen LogP contribution in [0.4, 0.5) is 5.82 Å². The van der Waals surface area contributed by atoms with Gasteiger partial charge in [-0.1, -0.05) is 60.7 Å². The number of anilines is 1. The van der Waals surface area contributed by atoms with Crippen molar-refractivity contribution in [2.24, 2.45) is 23.5 Å². The van der Waals surface area contributed by atoms with Gasteiger partial charge in [0.1, 0.15) is 11.6 Å². The molecule has 2 bridgehead atoms. The van der Waals surface area contributed by atoms with Gasteiger partial charge in [0.2, 0.25) is 5.91 Å². The molecule has 3 aromatic rings. The van der Waals surface area contributed by atoms with Gasteiger partial charge in [-0.05, 0) is 47.1 Å². The number of nitrogens with two attached hydrogens (primary N) is 1. The van der Waals surface area contributed by atoms with E-state index in [1.165, 1.54) is 0 Å². The zero-order valence-corrected chi connectivity index (χ0v) is 19.2. The molecule has 4 atom stereocenters. The molecular weight excluding hydrogens is 434 g/mol. The maximum atomic E-state index is 12.2. The summed E-state index contributed by atoms with van der Waals surface area (Å²) < 4.78 is 0. The van der Waals surface area contributed by atoms with Gasteiger partial charge in [0.15, 0.2) is 0 Å². The summed E-state index contributed by atoms with van der Waals surface area (Å²) in [5.41, 5.74) is 11.7. The molecule has 172 valence electrons. The van der Waals surface area contributed by atoms with Gasteiger partial charge >= 0.3 is 0 Å². The van der Waals surface area contributed by atoms with Gasteiger partial charge in [0.05, 0.1) is 23.2 Å². The smallest absolute Gasteiger partial charge is 0.223 e. The van der Waals surface area contributed by atoms with Crippen molar-refractivity contribution in [2.45, 2.75) is 25.3 Å². The van der Waals surface area contributed by atoms with Crippen molar-refractivity contribution in [3.05, 3.63) is 95.0 Å². The Balaban J connectivity index is 1.24. The van der Waals surface area contributed by atoms with E-state index in [1.54, 1.807) is 0 Å². The molecule has 1 heterocycles. The lowest BCUT2D eigenvalue weighted by Crippen LogP contribution is -2.41. The van der Waals surface area contributed by atoms with Gasteiger partial charge in [-0.2, -0.15) is 5.26 Å². The van der Waals surface area contributed by atoms with Crippen molar-refractivity contribution in [1.29, 1.82) is 5.26 Å². The summed E-state index contributed by atoms with van der Waals surface area (Å²) in [7, 11) is 0. The summed E-state index contributed by atoms with van der Waals surface area (Å²) in [6.07, 6.45) is 10.9. The van der Waals surface area contributed by atoms with E-state index in [4.69, 9.17) is 21.0 Å². The van der Waals surface area contributed by atoms with Crippen LogP contribution in [0.15, 0.2) is 66.8 Å². The molecule has 1 fully saturated rings. The quantitative estimate of drug-likeness (QED) is 0.536. The van der Waals surface area contributed by atoms with Gasteiger partial charge < -0.3 is 11.1 Å². The minimum atomic E-state index is -0.247. The minimum absolute atomic E-state index is 0.0324. The molecule has 0 aliphatic heterocycles. The molecule has 3 N–H and O–H groups in total. The normalized spacial score (nSPS) is 23.3. The summed E-state index contributed by atoms with van der Waals surface area (Å²) in [5.74, 6) is 1.61. The third-order valence-corrected chi connectivity index (χ3v) is 7.42. The number of benzene rings is 2. The molecular formula is C29H25N5O.